The van der Waals surface area contributed by atoms with Crippen LogP contribution in [0.3, 0.4) is 0 Å². The third kappa shape index (κ3) is 2.97. The molecule has 2 aromatic heterocycles. The average molecular weight is 376 g/mol. The zero-order valence-electron chi connectivity index (χ0n) is 12.6. The lowest BCUT2D eigenvalue weighted by molar-refractivity contribution is -0.113. The first-order chi connectivity index (χ1) is 11.7. The van der Waals surface area contributed by atoms with Gasteiger partial charge < -0.3 is 5.32 Å². The van der Waals surface area contributed by atoms with Crippen LogP contribution in [0.5, 0.6) is 0 Å². The smallest absolute Gasteiger partial charge is 0.235 e. The van der Waals surface area contributed by atoms with Gasteiger partial charge in [-0.25, -0.2) is 4.68 Å². The molecular formula is C17H14ClN3OS2. The Morgan fingerprint density at radius 3 is 2.96 bits per heavy atom. The maximum atomic E-state index is 12.1. The van der Waals surface area contributed by atoms with Crippen LogP contribution < -0.4 is 5.32 Å². The summed E-state index contributed by atoms with van der Waals surface area (Å²) in [4.78, 5) is 13.4. The van der Waals surface area contributed by atoms with Crippen molar-refractivity contribution in [1.29, 1.82) is 0 Å². The van der Waals surface area contributed by atoms with Gasteiger partial charge in [0.2, 0.25) is 5.91 Å². The molecule has 1 aliphatic heterocycles. The number of rotatable bonds is 3. The summed E-state index contributed by atoms with van der Waals surface area (Å²) in [6, 6.07) is 11.8. The number of thioether (sulfide) groups is 1. The topological polar surface area (TPSA) is 46.9 Å². The third-order valence-corrected chi connectivity index (χ3v) is 6.59. The molecule has 1 unspecified atom stereocenters. The van der Waals surface area contributed by atoms with Crippen LogP contribution in [-0.2, 0) is 11.3 Å². The lowest BCUT2D eigenvalue weighted by Crippen LogP contribution is -2.17. The molecule has 1 aliphatic rings. The van der Waals surface area contributed by atoms with Crippen molar-refractivity contribution in [3.63, 3.8) is 0 Å². The van der Waals surface area contributed by atoms with E-state index in [0.29, 0.717) is 17.3 Å². The molecule has 0 radical (unpaired) electrons. The van der Waals surface area contributed by atoms with Crippen molar-refractivity contribution in [3.05, 3.63) is 69.0 Å². The van der Waals surface area contributed by atoms with Crippen molar-refractivity contribution in [2.75, 3.05) is 11.1 Å². The van der Waals surface area contributed by atoms with Crippen LogP contribution in [0.1, 0.15) is 21.3 Å². The molecule has 4 rings (SSSR count). The van der Waals surface area contributed by atoms with Gasteiger partial charge in [0, 0.05) is 15.5 Å². The monoisotopic (exact) mass is 375 g/mol. The molecule has 3 heterocycles. The Bertz CT molecular complexity index is 876. The summed E-state index contributed by atoms with van der Waals surface area (Å²) in [5.74, 6) is 1.20. The Labute approximate surface area is 152 Å². The molecule has 122 valence electrons. The summed E-state index contributed by atoms with van der Waals surface area (Å²) >= 11 is 9.60. The van der Waals surface area contributed by atoms with E-state index in [0.717, 1.165) is 16.9 Å². The van der Waals surface area contributed by atoms with Crippen LogP contribution in [0.15, 0.2) is 48.0 Å². The largest absolute Gasteiger partial charge is 0.310 e. The zero-order chi connectivity index (χ0) is 16.5. The number of hydrogen-bond acceptors (Lipinski definition) is 4. The second kappa shape index (κ2) is 6.63. The lowest BCUT2D eigenvalue weighted by Gasteiger charge is -2.12. The summed E-state index contributed by atoms with van der Waals surface area (Å²) in [6.45, 7) is 0.525. The molecule has 3 aromatic rings. The van der Waals surface area contributed by atoms with Crippen molar-refractivity contribution < 1.29 is 4.79 Å². The van der Waals surface area contributed by atoms with E-state index < -0.39 is 0 Å². The van der Waals surface area contributed by atoms with E-state index in [1.54, 1.807) is 23.1 Å². The van der Waals surface area contributed by atoms with Gasteiger partial charge in [0.05, 0.1) is 23.7 Å². The Morgan fingerprint density at radius 2 is 2.17 bits per heavy atom. The third-order valence-electron chi connectivity index (χ3n) is 3.87. The quantitative estimate of drug-likeness (QED) is 0.737. The lowest BCUT2D eigenvalue weighted by atomic mass is 10.2. The summed E-state index contributed by atoms with van der Waals surface area (Å²) in [5, 5.41) is 10.4. The molecule has 0 saturated heterocycles. The number of amides is 1. The van der Waals surface area contributed by atoms with Crippen LogP contribution in [0.25, 0.3) is 0 Å². The molecule has 0 saturated carbocycles. The minimum Gasteiger partial charge on any atom is -0.310 e. The second-order valence-electron chi connectivity index (χ2n) is 5.45. The number of fused-ring (bicyclic) bond motifs is 1. The van der Waals surface area contributed by atoms with Gasteiger partial charge in [0.1, 0.15) is 5.82 Å². The fraction of sp³-hybridized carbons (Fsp3) is 0.176. The van der Waals surface area contributed by atoms with Crippen molar-refractivity contribution >= 4 is 46.4 Å². The highest BCUT2D eigenvalue weighted by Gasteiger charge is 2.28. The van der Waals surface area contributed by atoms with Crippen LogP contribution in [0.4, 0.5) is 5.82 Å². The van der Waals surface area contributed by atoms with Crippen LogP contribution in [-0.4, -0.2) is 21.4 Å². The standard InChI is InChI=1S/C17H14ClN3OS2/c18-13-5-2-1-4-11(13)9-21-17-12(8-19-21)16(14-6-3-7-23-14)24-10-15(22)20-17/h1-8,16H,9-10H2,(H,20,22). The Balaban J connectivity index is 1.74. The highest BCUT2D eigenvalue weighted by Crippen LogP contribution is 2.43. The van der Waals surface area contributed by atoms with Crippen LogP contribution in [0.2, 0.25) is 5.02 Å². The number of halogens is 1. The number of carbonyl (C=O) groups is 1. The van der Waals surface area contributed by atoms with E-state index in [-0.39, 0.29) is 11.2 Å². The number of nitrogens with zero attached hydrogens (tertiary/aromatic N) is 2. The van der Waals surface area contributed by atoms with E-state index in [4.69, 9.17) is 11.6 Å². The van der Waals surface area contributed by atoms with Crippen LogP contribution in [0, 0.1) is 0 Å². The number of thiophene rings is 1. The molecule has 0 spiro atoms. The predicted octanol–water partition coefficient (Wildman–Crippen LogP) is 4.42. The number of hydrogen-bond donors (Lipinski definition) is 1. The van der Waals surface area contributed by atoms with Gasteiger partial charge in [0.25, 0.3) is 0 Å². The molecule has 1 atom stereocenters. The van der Waals surface area contributed by atoms with E-state index in [1.165, 1.54) is 4.88 Å². The first kappa shape index (κ1) is 15.7. The van der Waals surface area contributed by atoms with E-state index in [1.807, 2.05) is 41.2 Å². The zero-order valence-corrected chi connectivity index (χ0v) is 15.0. The van der Waals surface area contributed by atoms with Gasteiger partial charge in [-0.2, -0.15) is 5.10 Å². The normalized spacial score (nSPS) is 17.2. The summed E-state index contributed by atoms with van der Waals surface area (Å²) < 4.78 is 1.82. The van der Waals surface area contributed by atoms with Gasteiger partial charge in [-0.1, -0.05) is 35.9 Å². The summed E-state index contributed by atoms with van der Waals surface area (Å²) in [7, 11) is 0. The van der Waals surface area contributed by atoms with Gasteiger partial charge in [-0.15, -0.1) is 23.1 Å². The van der Waals surface area contributed by atoms with E-state index in [9.17, 15) is 4.79 Å². The molecular weight excluding hydrogens is 362 g/mol. The van der Waals surface area contributed by atoms with Crippen molar-refractivity contribution in [2.45, 2.75) is 11.8 Å². The number of aromatic nitrogens is 2. The number of anilines is 1. The predicted molar refractivity (Wildman–Crippen MR) is 100 cm³/mol. The maximum Gasteiger partial charge on any atom is 0.235 e. The minimum absolute atomic E-state index is 0.00112. The van der Waals surface area contributed by atoms with Gasteiger partial charge in [0.15, 0.2) is 0 Å². The second-order valence-corrected chi connectivity index (χ2v) is 7.93. The van der Waals surface area contributed by atoms with Gasteiger partial charge >= 0.3 is 0 Å². The van der Waals surface area contributed by atoms with Crippen LogP contribution >= 0.6 is 34.7 Å². The van der Waals surface area contributed by atoms with Crippen molar-refractivity contribution in [1.82, 2.24) is 9.78 Å². The number of carbonyl (C=O) groups excluding carboxylic acids is 1. The first-order valence-electron chi connectivity index (χ1n) is 7.46. The van der Waals surface area contributed by atoms with Gasteiger partial charge in [-0.3, -0.25) is 4.79 Å². The molecule has 0 aliphatic carbocycles. The molecule has 4 nitrogen and oxygen atoms in total. The van der Waals surface area contributed by atoms with E-state index >= 15 is 0 Å². The van der Waals surface area contributed by atoms with Crippen molar-refractivity contribution in [3.8, 4) is 0 Å². The fourth-order valence-corrected chi connectivity index (χ4v) is 5.00. The van der Waals surface area contributed by atoms with Gasteiger partial charge in [-0.05, 0) is 23.1 Å². The fourth-order valence-electron chi connectivity index (χ4n) is 2.73. The minimum atomic E-state index is 0.00112. The molecule has 0 bridgehead atoms. The van der Waals surface area contributed by atoms with E-state index in [2.05, 4.69) is 21.9 Å². The highest BCUT2D eigenvalue weighted by molar-refractivity contribution is 8.00. The molecule has 1 aromatic carbocycles. The molecule has 1 N–H and O–H groups in total. The Morgan fingerprint density at radius 1 is 1.29 bits per heavy atom. The van der Waals surface area contributed by atoms with Crippen molar-refractivity contribution in [2.24, 2.45) is 0 Å². The number of benzene rings is 1. The number of nitrogens with one attached hydrogen (secondary N) is 1. The molecule has 0 fully saturated rings. The average Bonchev–Trinajstić information content (AvgIpc) is 3.19. The molecule has 1 amide bonds. The SMILES string of the molecule is O=C1CSC(c2cccs2)c2cnn(Cc3ccccc3Cl)c2N1. The molecule has 7 heteroatoms. The maximum absolute atomic E-state index is 12.1. The summed E-state index contributed by atoms with van der Waals surface area (Å²) in [6.07, 6.45) is 1.86. The molecule has 24 heavy (non-hydrogen) atoms. The first-order valence-corrected chi connectivity index (χ1v) is 9.77. The summed E-state index contributed by atoms with van der Waals surface area (Å²) in [5.41, 5.74) is 2.02. The Kier molecular flexibility index (Phi) is 4.35. The highest BCUT2D eigenvalue weighted by atomic mass is 35.5. The Hall–Kier alpha value is -1.76.